The van der Waals surface area contributed by atoms with Gasteiger partial charge in [0.05, 0.1) is 5.92 Å². The van der Waals surface area contributed by atoms with Crippen LogP contribution in [0.2, 0.25) is 0 Å². The second-order valence-electron chi connectivity index (χ2n) is 13.7. The number of furan rings is 2. The van der Waals surface area contributed by atoms with Gasteiger partial charge < -0.3 is 13.9 Å². The molecule has 0 atom stereocenters. The lowest BCUT2D eigenvalue weighted by atomic mass is 10.00. The van der Waals surface area contributed by atoms with Crippen molar-refractivity contribution in [3.8, 4) is 22.9 Å². The molecule has 1 aliphatic rings. The van der Waals surface area contributed by atoms with E-state index < -0.39 is 5.97 Å². The largest absolute Gasteiger partial charge is 0.481 e. The molecule has 8 aromatic rings. The second kappa shape index (κ2) is 15.5. The number of carboxylic acid groups (broad SMARTS) is 1. The maximum absolute atomic E-state index is 10.9. The van der Waals surface area contributed by atoms with E-state index in [0.29, 0.717) is 24.4 Å². The molecule has 1 aliphatic heterocycles. The number of hydrogen-bond donors (Lipinski definition) is 1. The molecule has 0 amide bonds. The van der Waals surface area contributed by atoms with E-state index in [-0.39, 0.29) is 5.92 Å². The Hall–Kier alpha value is -6.64. The zero-order chi connectivity index (χ0) is 36.9. The number of fused-ring (bicyclic) bond motifs is 2. The summed E-state index contributed by atoms with van der Waals surface area (Å²) in [5.41, 5.74) is 9.90. The first-order valence-corrected chi connectivity index (χ1v) is 17.9. The Kier molecular flexibility index (Phi) is 9.91. The molecule has 0 saturated carbocycles. The number of carboxylic acids is 1. The van der Waals surface area contributed by atoms with Gasteiger partial charge in [0.2, 0.25) is 0 Å². The summed E-state index contributed by atoms with van der Waals surface area (Å²) in [5, 5.41) is 11.1. The summed E-state index contributed by atoms with van der Waals surface area (Å²) in [6, 6.07) is 44.9. The third-order valence-corrected chi connectivity index (χ3v) is 9.63. The Morgan fingerprint density at radius 1 is 0.630 bits per heavy atom. The highest BCUT2D eigenvalue weighted by Crippen LogP contribution is 2.30. The lowest BCUT2D eigenvalue weighted by molar-refractivity contribution is -0.147. The molecular weight excluding hydrogens is 675 g/mol. The first-order chi connectivity index (χ1) is 26.5. The summed E-state index contributed by atoms with van der Waals surface area (Å²) < 4.78 is 11.9. The molecule has 266 valence electrons. The molecule has 8 nitrogen and oxygen atoms in total. The van der Waals surface area contributed by atoms with E-state index in [1.54, 1.807) is 18.3 Å². The average molecular weight is 712 g/mol. The van der Waals surface area contributed by atoms with Gasteiger partial charge in [0, 0.05) is 48.4 Å². The van der Waals surface area contributed by atoms with Crippen LogP contribution in [0.15, 0.2) is 155 Å². The fourth-order valence-electron chi connectivity index (χ4n) is 6.72. The van der Waals surface area contributed by atoms with E-state index in [9.17, 15) is 9.59 Å². The minimum atomic E-state index is -0.712. The van der Waals surface area contributed by atoms with Crippen molar-refractivity contribution in [2.24, 2.45) is 5.92 Å². The number of aliphatic carboxylic acids is 1. The summed E-state index contributed by atoms with van der Waals surface area (Å²) in [7, 11) is 0. The molecule has 1 fully saturated rings. The maximum atomic E-state index is 10.9. The molecule has 9 rings (SSSR count). The average Bonchev–Trinajstić information content (AvgIpc) is 3.82. The van der Waals surface area contributed by atoms with Crippen molar-refractivity contribution < 1.29 is 23.5 Å². The topological polar surface area (TPSA) is 110 Å². The molecule has 1 N–H and O–H groups in total. The molecule has 5 heterocycles. The number of pyridine rings is 2. The predicted octanol–water partition coefficient (Wildman–Crippen LogP) is 9.50. The summed E-state index contributed by atoms with van der Waals surface area (Å²) in [6.45, 7) is 1.93. The number of aldehydes is 1. The highest BCUT2D eigenvalue weighted by molar-refractivity contribution is 5.84. The van der Waals surface area contributed by atoms with Gasteiger partial charge in [0.1, 0.15) is 22.6 Å². The van der Waals surface area contributed by atoms with E-state index in [4.69, 9.17) is 13.9 Å². The Morgan fingerprint density at radius 2 is 1.15 bits per heavy atom. The van der Waals surface area contributed by atoms with Gasteiger partial charge in [-0.3, -0.25) is 24.5 Å². The SMILES string of the molecule is O=C(O)C1CN(Cc2ccc(-c3cc4cc(Cc5ccccc5)ccc4o3)nc2)C1.O=Cc1ccc(-c2cc3cc(Cc4ccccc4)ccc3o2)nc1. The summed E-state index contributed by atoms with van der Waals surface area (Å²) >= 11 is 0. The van der Waals surface area contributed by atoms with Crippen LogP contribution in [0.3, 0.4) is 0 Å². The Labute approximate surface area is 312 Å². The van der Waals surface area contributed by atoms with Gasteiger partial charge in [-0.1, -0.05) is 78.9 Å². The van der Waals surface area contributed by atoms with Crippen LogP contribution in [-0.2, 0) is 24.2 Å². The van der Waals surface area contributed by atoms with E-state index in [1.165, 1.54) is 22.3 Å². The summed E-state index contributed by atoms with van der Waals surface area (Å²) in [6.07, 6.45) is 5.96. The second-order valence-corrected chi connectivity index (χ2v) is 13.7. The number of nitrogens with zero attached hydrogens (tertiary/aromatic N) is 3. The van der Waals surface area contributed by atoms with Crippen molar-refractivity contribution in [1.82, 2.24) is 14.9 Å². The molecular formula is C46H37N3O5. The molecule has 4 aromatic carbocycles. The molecule has 0 unspecified atom stereocenters. The monoisotopic (exact) mass is 711 g/mol. The predicted molar refractivity (Wildman–Crippen MR) is 209 cm³/mol. The van der Waals surface area contributed by atoms with Crippen molar-refractivity contribution in [3.05, 3.63) is 179 Å². The third kappa shape index (κ3) is 8.04. The van der Waals surface area contributed by atoms with Gasteiger partial charge in [-0.05, 0) is 95.3 Å². The highest BCUT2D eigenvalue weighted by Gasteiger charge is 2.32. The van der Waals surface area contributed by atoms with Crippen molar-refractivity contribution in [1.29, 1.82) is 0 Å². The van der Waals surface area contributed by atoms with Crippen LogP contribution >= 0.6 is 0 Å². The number of hydrogen-bond acceptors (Lipinski definition) is 7. The normalized spacial score (nSPS) is 13.0. The number of rotatable bonds is 10. The van der Waals surface area contributed by atoms with Gasteiger partial charge in [0.25, 0.3) is 0 Å². The quantitative estimate of drug-likeness (QED) is 0.140. The molecule has 1 saturated heterocycles. The minimum Gasteiger partial charge on any atom is -0.481 e. The van der Waals surface area contributed by atoms with Gasteiger partial charge in [-0.2, -0.15) is 0 Å². The summed E-state index contributed by atoms with van der Waals surface area (Å²) in [5.74, 6) is 0.513. The number of benzene rings is 4. The molecule has 0 radical (unpaired) electrons. The number of likely N-dealkylation sites (tertiary alicyclic amines) is 1. The van der Waals surface area contributed by atoms with Gasteiger partial charge >= 0.3 is 5.97 Å². The first-order valence-electron chi connectivity index (χ1n) is 17.9. The smallest absolute Gasteiger partial charge is 0.309 e. The fourth-order valence-corrected chi connectivity index (χ4v) is 6.72. The molecule has 4 aromatic heterocycles. The maximum Gasteiger partial charge on any atom is 0.309 e. The van der Waals surface area contributed by atoms with Crippen molar-refractivity contribution in [2.45, 2.75) is 19.4 Å². The first kappa shape index (κ1) is 34.4. The molecule has 0 spiro atoms. The molecule has 0 aliphatic carbocycles. The van der Waals surface area contributed by atoms with Gasteiger partial charge in [0.15, 0.2) is 17.8 Å². The van der Waals surface area contributed by atoms with Crippen LogP contribution in [0.1, 0.15) is 38.2 Å². The van der Waals surface area contributed by atoms with Crippen LogP contribution in [0.25, 0.3) is 44.8 Å². The van der Waals surface area contributed by atoms with Crippen LogP contribution in [0, 0.1) is 5.92 Å². The van der Waals surface area contributed by atoms with Crippen molar-refractivity contribution >= 4 is 34.2 Å². The minimum absolute atomic E-state index is 0.237. The van der Waals surface area contributed by atoms with Crippen molar-refractivity contribution in [2.75, 3.05) is 13.1 Å². The van der Waals surface area contributed by atoms with Crippen LogP contribution in [0.5, 0.6) is 0 Å². The Balaban J connectivity index is 0.000000157. The number of carbonyl (C=O) groups is 2. The fraction of sp³-hybridized carbons (Fsp3) is 0.130. The van der Waals surface area contributed by atoms with Gasteiger partial charge in [-0.25, -0.2) is 0 Å². The molecule has 0 bridgehead atoms. The van der Waals surface area contributed by atoms with Gasteiger partial charge in [-0.15, -0.1) is 0 Å². The zero-order valence-electron chi connectivity index (χ0n) is 29.5. The zero-order valence-corrected chi connectivity index (χ0v) is 29.5. The van der Waals surface area contributed by atoms with Crippen LogP contribution in [0.4, 0.5) is 0 Å². The Morgan fingerprint density at radius 3 is 1.61 bits per heavy atom. The standard InChI is InChI=1S/C25H22N2O3.C21H15NO2/c28-25(29)21-15-27(16-21)14-19-6-8-22(26-13-19)24-12-20-11-18(7-9-23(20)30-24)10-17-4-2-1-3-5-17;23-14-17-6-8-19(22-13-17)21-12-18-11-16(7-9-20(18)24-21)10-15-4-2-1-3-5-15/h1-9,11-13,21H,10,14-16H2,(H,28,29);1-9,11-14H,10H2. The van der Waals surface area contributed by atoms with E-state index in [1.807, 2.05) is 54.7 Å². The number of aromatic nitrogens is 2. The lowest BCUT2D eigenvalue weighted by Gasteiger charge is -2.36. The summed E-state index contributed by atoms with van der Waals surface area (Å²) in [4.78, 5) is 32.6. The molecule has 8 heteroatoms. The van der Waals surface area contributed by atoms with Crippen LogP contribution < -0.4 is 0 Å². The third-order valence-electron chi connectivity index (χ3n) is 9.63. The van der Waals surface area contributed by atoms with Crippen LogP contribution in [-0.4, -0.2) is 45.3 Å². The molecule has 54 heavy (non-hydrogen) atoms. The van der Waals surface area contributed by atoms with E-state index in [0.717, 1.165) is 70.3 Å². The highest BCUT2D eigenvalue weighted by atomic mass is 16.4. The lowest BCUT2D eigenvalue weighted by Crippen LogP contribution is -2.49. The Bertz CT molecular complexity index is 2520. The van der Waals surface area contributed by atoms with E-state index in [2.05, 4.69) is 87.7 Å². The number of carbonyl (C=O) groups excluding carboxylic acids is 1. The van der Waals surface area contributed by atoms with Crippen molar-refractivity contribution in [3.63, 3.8) is 0 Å². The van der Waals surface area contributed by atoms with E-state index >= 15 is 0 Å².